The van der Waals surface area contributed by atoms with Crippen molar-refractivity contribution in [2.75, 3.05) is 33.3 Å². The summed E-state index contributed by atoms with van der Waals surface area (Å²) in [7, 11) is 2.03. The molecule has 0 bridgehead atoms. The number of nitrogens with one attached hydrogen (secondary N) is 1. The lowest BCUT2D eigenvalue weighted by molar-refractivity contribution is -0.0175. The number of aromatic hydroxyl groups is 1. The molecule has 2 rings (SSSR count). The number of morpholine rings is 1. The van der Waals surface area contributed by atoms with E-state index in [0.717, 1.165) is 13.1 Å². The third kappa shape index (κ3) is 3.45. The largest absolute Gasteiger partial charge is 0.507 e. The Labute approximate surface area is 113 Å². The van der Waals surface area contributed by atoms with E-state index in [2.05, 4.69) is 10.2 Å². The summed E-state index contributed by atoms with van der Waals surface area (Å²) in [5.41, 5.74) is 1.01. The second-order valence-corrected chi connectivity index (χ2v) is 4.94. The van der Waals surface area contributed by atoms with Gasteiger partial charge in [-0.05, 0) is 25.6 Å². The monoisotopic (exact) mass is 264 g/mol. The average molecular weight is 264 g/mol. The maximum absolute atomic E-state index is 12.0. The summed E-state index contributed by atoms with van der Waals surface area (Å²) < 4.78 is 5.57. The minimum absolute atomic E-state index is 0.00894. The van der Waals surface area contributed by atoms with E-state index in [-0.39, 0.29) is 17.8 Å². The molecule has 0 aliphatic carbocycles. The van der Waals surface area contributed by atoms with Gasteiger partial charge in [-0.2, -0.15) is 0 Å². The molecule has 1 aromatic carbocycles. The molecule has 1 aliphatic rings. The first kappa shape index (κ1) is 13.8. The fourth-order valence-corrected chi connectivity index (χ4v) is 2.13. The van der Waals surface area contributed by atoms with Gasteiger partial charge in [0.15, 0.2) is 0 Å². The zero-order valence-electron chi connectivity index (χ0n) is 11.3. The molecule has 1 fully saturated rings. The van der Waals surface area contributed by atoms with Crippen LogP contribution in [0.5, 0.6) is 5.75 Å². The van der Waals surface area contributed by atoms with Gasteiger partial charge in [-0.25, -0.2) is 0 Å². The predicted molar refractivity (Wildman–Crippen MR) is 72.4 cm³/mol. The number of carbonyl (C=O) groups excluding carboxylic acids is 1. The third-order valence-electron chi connectivity index (χ3n) is 3.31. The number of phenolic OH excluding ortho intramolecular Hbond substituents is 1. The molecule has 1 unspecified atom stereocenters. The molecule has 19 heavy (non-hydrogen) atoms. The van der Waals surface area contributed by atoms with Crippen LogP contribution in [0.15, 0.2) is 18.2 Å². The Morgan fingerprint density at radius 2 is 2.37 bits per heavy atom. The lowest BCUT2D eigenvalue weighted by Crippen LogP contribution is -2.45. The van der Waals surface area contributed by atoms with E-state index in [9.17, 15) is 9.90 Å². The van der Waals surface area contributed by atoms with Crippen LogP contribution in [0.25, 0.3) is 0 Å². The maximum atomic E-state index is 12.0. The minimum atomic E-state index is -0.266. The van der Waals surface area contributed by atoms with Gasteiger partial charge in [-0.1, -0.05) is 12.1 Å². The summed E-state index contributed by atoms with van der Waals surface area (Å²) in [5, 5.41) is 12.7. The minimum Gasteiger partial charge on any atom is -0.507 e. The molecule has 2 N–H and O–H groups in total. The Kier molecular flexibility index (Phi) is 4.39. The van der Waals surface area contributed by atoms with Crippen molar-refractivity contribution in [1.82, 2.24) is 10.2 Å². The van der Waals surface area contributed by atoms with Gasteiger partial charge in [0.25, 0.3) is 5.91 Å². The first-order valence-corrected chi connectivity index (χ1v) is 6.45. The van der Waals surface area contributed by atoms with Crippen molar-refractivity contribution in [3.05, 3.63) is 29.3 Å². The van der Waals surface area contributed by atoms with E-state index < -0.39 is 0 Å². The quantitative estimate of drug-likeness (QED) is 0.846. The predicted octanol–water partition coefficient (Wildman–Crippen LogP) is 0.761. The highest BCUT2D eigenvalue weighted by atomic mass is 16.5. The van der Waals surface area contributed by atoms with Crippen molar-refractivity contribution in [1.29, 1.82) is 0 Å². The molecule has 1 saturated heterocycles. The van der Waals surface area contributed by atoms with Crippen LogP contribution < -0.4 is 5.32 Å². The molecule has 1 heterocycles. The molecule has 1 amide bonds. The van der Waals surface area contributed by atoms with Crippen molar-refractivity contribution in [2.45, 2.75) is 13.0 Å². The second-order valence-electron chi connectivity index (χ2n) is 4.94. The van der Waals surface area contributed by atoms with Crippen LogP contribution in [-0.2, 0) is 4.74 Å². The molecule has 1 atom stereocenters. The standard InChI is InChI=1S/C14H20N2O3/c1-10-4-3-5-12(13(10)17)14(18)15-8-11-9-16(2)6-7-19-11/h3-5,11,17H,6-9H2,1-2H3,(H,15,18). The van der Waals surface area contributed by atoms with E-state index in [1.807, 2.05) is 7.05 Å². The molecule has 0 radical (unpaired) electrons. The number of phenols is 1. The van der Waals surface area contributed by atoms with Crippen molar-refractivity contribution < 1.29 is 14.6 Å². The zero-order valence-corrected chi connectivity index (χ0v) is 11.3. The number of ether oxygens (including phenoxy) is 1. The maximum Gasteiger partial charge on any atom is 0.255 e. The zero-order chi connectivity index (χ0) is 13.8. The van der Waals surface area contributed by atoms with Crippen LogP contribution in [0.3, 0.4) is 0 Å². The van der Waals surface area contributed by atoms with E-state index in [0.29, 0.717) is 24.3 Å². The van der Waals surface area contributed by atoms with Gasteiger partial charge in [0.05, 0.1) is 18.3 Å². The normalized spacial score (nSPS) is 20.2. The van der Waals surface area contributed by atoms with Crippen LogP contribution in [0.4, 0.5) is 0 Å². The van der Waals surface area contributed by atoms with Gasteiger partial charge in [-0.15, -0.1) is 0 Å². The molecule has 1 aromatic rings. The summed E-state index contributed by atoms with van der Waals surface area (Å²) in [5.74, 6) is -0.222. The van der Waals surface area contributed by atoms with Gasteiger partial charge < -0.3 is 20.1 Å². The fraction of sp³-hybridized carbons (Fsp3) is 0.500. The smallest absolute Gasteiger partial charge is 0.255 e. The molecule has 104 valence electrons. The van der Waals surface area contributed by atoms with E-state index in [1.165, 1.54) is 0 Å². The van der Waals surface area contributed by atoms with E-state index >= 15 is 0 Å². The van der Waals surface area contributed by atoms with Gasteiger partial charge in [0, 0.05) is 19.6 Å². The van der Waals surface area contributed by atoms with Gasteiger partial charge >= 0.3 is 0 Å². The number of nitrogens with zero attached hydrogens (tertiary/aromatic N) is 1. The Hall–Kier alpha value is -1.59. The van der Waals surface area contributed by atoms with Gasteiger partial charge in [-0.3, -0.25) is 4.79 Å². The van der Waals surface area contributed by atoms with Crippen molar-refractivity contribution in [2.24, 2.45) is 0 Å². The molecule has 5 nitrogen and oxygen atoms in total. The molecule has 0 spiro atoms. The average Bonchev–Trinajstić information content (AvgIpc) is 2.39. The Morgan fingerprint density at radius 1 is 1.58 bits per heavy atom. The van der Waals surface area contributed by atoms with Gasteiger partial charge in [0.1, 0.15) is 5.75 Å². The van der Waals surface area contributed by atoms with Crippen LogP contribution in [0, 0.1) is 6.92 Å². The number of likely N-dealkylation sites (N-methyl/N-ethyl adjacent to an activating group) is 1. The van der Waals surface area contributed by atoms with Crippen molar-refractivity contribution in [3.63, 3.8) is 0 Å². The summed E-state index contributed by atoms with van der Waals surface area (Å²) in [6.45, 7) is 4.64. The Balaban J connectivity index is 1.92. The van der Waals surface area contributed by atoms with Gasteiger partial charge in [0.2, 0.25) is 0 Å². The third-order valence-corrected chi connectivity index (χ3v) is 3.31. The number of benzene rings is 1. The highest BCUT2D eigenvalue weighted by Crippen LogP contribution is 2.21. The summed E-state index contributed by atoms with van der Waals surface area (Å²) in [6.07, 6.45) is 0.00894. The van der Waals surface area contributed by atoms with Crippen LogP contribution in [-0.4, -0.2) is 55.3 Å². The molecule has 1 aliphatic heterocycles. The lowest BCUT2D eigenvalue weighted by Gasteiger charge is -2.30. The summed E-state index contributed by atoms with van der Waals surface area (Å²) in [6, 6.07) is 5.14. The second kappa shape index (κ2) is 6.04. The molecular formula is C14H20N2O3. The van der Waals surface area contributed by atoms with E-state index in [4.69, 9.17) is 4.74 Å². The van der Waals surface area contributed by atoms with Crippen LogP contribution >= 0.6 is 0 Å². The fourth-order valence-electron chi connectivity index (χ4n) is 2.13. The lowest BCUT2D eigenvalue weighted by atomic mass is 10.1. The van der Waals surface area contributed by atoms with Crippen LogP contribution in [0.2, 0.25) is 0 Å². The first-order chi connectivity index (χ1) is 9.08. The molecular weight excluding hydrogens is 244 g/mol. The summed E-state index contributed by atoms with van der Waals surface area (Å²) in [4.78, 5) is 14.2. The van der Waals surface area contributed by atoms with E-state index in [1.54, 1.807) is 25.1 Å². The topological polar surface area (TPSA) is 61.8 Å². The number of hydrogen-bond donors (Lipinski definition) is 2. The number of hydrogen-bond acceptors (Lipinski definition) is 4. The molecule has 0 saturated carbocycles. The number of aryl methyl sites for hydroxylation is 1. The van der Waals surface area contributed by atoms with Crippen LogP contribution in [0.1, 0.15) is 15.9 Å². The molecule has 5 heteroatoms. The summed E-state index contributed by atoms with van der Waals surface area (Å²) >= 11 is 0. The molecule has 0 aromatic heterocycles. The number of rotatable bonds is 3. The number of para-hydroxylation sites is 1. The first-order valence-electron chi connectivity index (χ1n) is 6.45. The Bertz CT molecular complexity index is 462. The van der Waals surface area contributed by atoms with Crippen molar-refractivity contribution in [3.8, 4) is 5.75 Å². The highest BCUT2D eigenvalue weighted by molar-refractivity contribution is 5.97. The highest BCUT2D eigenvalue weighted by Gasteiger charge is 2.19. The Morgan fingerprint density at radius 3 is 3.11 bits per heavy atom. The van der Waals surface area contributed by atoms with Crippen molar-refractivity contribution >= 4 is 5.91 Å². The number of amides is 1. The SMILES string of the molecule is Cc1cccc(C(=O)NCC2CN(C)CCO2)c1O. The number of carbonyl (C=O) groups is 1.